The van der Waals surface area contributed by atoms with E-state index in [0.717, 1.165) is 10.8 Å². The molecule has 1 unspecified atom stereocenters. The van der Waals surface area contributed by atoms with Crippen molar-refractivity contribution in [2.45, 2.75) is 12.5 Å². The molecule has 2 nitrogen and oxygen atoms in total. The predicted molar refractivity (Wildman–Crippen MR) is 59.6 cm³/mol. The summed E-state index contributed by atoms with van der Waals surface area (Å²) in [5.41, 5.74) is -0.767. The molecule has 0 heterocycles. The molecule has 15 heavy (non-hydrogen) atoms. The molecule has 0 aliphatic carbocycles. The highest BCUT2D eigenvalue weighted by molar-refractivity contribution is 5.89. The van der Waals surface area contributed by atoms with Gasteiger partial charge in [-0.25, -0.2) is 0 Å². The van der Waals surface area contributed by atoms with Crippen LogP contribution in [0, 0.1) is 0 Å². The van der Waals surface area contributed by atoms with Crippen LogP contribution in [0.25, 0.3) is 10.8 Å². The Morgan fingerprint density at radius 1 is 1.13 bits per heavy atom. The molecule has 0 bridgehead atoms. The summed E-state index contributed by atoms with van der Waals surface area (Å²) in [7, 11) is 0. The van der Waals surface area contributed by atoms with Crippen molar-refractivity contribution in [3.63, 3.8) is 0 Å². The molecule has 0 radical (unpaired) electrons. The van der Waals surface area contributed by atoms with Crippen molar-refractivity contribution in [2.75, 3.05) is 0 Å². The number of carbonyl (C=O) groups excluding carboxylic acids is 1. The second-order valence-corrected chi connectivity index (χ2v) is 3.79. The predicted octanol–water partition coefficient (Wildman–Crippen LogP) is 2.25. The minimum Gasteiger partial charge on any atom is -0.378 e. The van der Waals surface area contributed by atoms with Crippen LogP contribution in [0.5, 0.6) is 0 Å². The van der Waals surface area contributed by atoms with Crippen LogP contribution in [0.2, 0.25) is 0 Å². The molecule has 1 N–H and O–H groups in total. The van der Waals surface area contributed by atoms with E-state index in [4.69, 9.17) is 0 Å². The highest BCUT2D eigenvalue weighted by Gasteiger charge is 2.23. The molecule has 1 atom stereocenters. The molecule has 2 aromatic carbocycles. The van der Waals surface area contributed by atoms with Gasteiger partial charge in [0.2, 0.25) is 0 Å². The zero-order chi connectivity index (χ0) is 10.9. The monoisotopic (exact) mass is 200 g/mol. The van der Waals surface area contributed by atoms with Crippen LogP contribution in [0.1, 0.15) is 12.5 Å². The number of carbonyl (C=O) groups is 1. The summed E-state index contributed by atoms with van der Waals surface area (Å²) in [6.45, 7) is 1.50. The fourth-order valence-electron chi connectivity index (χ4n) is 1.73. The number of aldehydes is 1. The van der Waals surface area contributed by atoms with Crippen molar-refractivity contribution in [3.8, 4) is 0 Å². The van der Waals surface area contributed by atoms with Gasteiger partial charge < -0.3 is 5.11 Å². The lowest BCUT2D eigenvalue weighted by Crippen LogP contribution is -2.22. The van der Waals surface area contributed by atoms with Crippen LogP contribution >= 0.6 is 0 Å². The number of benzene rings is 2. The normalized spacial score (nSPS) is 14.8. The molecule has 2 rings (SSSR count). The summed E-state index contributed by atoms with van der Waals surface area (Å²) in [5.74, 6) is 0. The second-order valence-electron chi connectivity index (χ2n) is 3.79. The Morgan fingerprint density at radius 3 is 2.53 bits per heavy atom. The van der Waals surface area contributed by atoms with Crippen LogP contribution in [-0.4, -0.2) is 11.4 Å². The number of rotatable bonds is 2. The molecule has 2 heteroatoms. The number of aliphatic hydroxyl groups is 1. The molecular formula is C13H12O2. The zero-order valence-electron chi connectivity index (χ0n) is 8.47. The summed E-state index contributed by atoms with van der Waals surface area (Å²) < 4.78 is 0. The van der Waals surface area contributed by atoms with E-state index >= 15 is 0 Å². The Labute approximate surface area is 88.2 Å². The number of hydrogen-bond acceptors (Lipinski definition) is 2. The van der Waals surface area contributed by atoms with Gasteiger partial charge in [-0.05, 0) is 23.3 Å². The SMILES string of the molecule is CC(O)(C=O)c1cccc2ccccc12. The van der Waals surface area contributed by atoms with Gasteiger partial charge in [-0.15, -0.1) is 0 Å². The average molecular weight is 200 g/mol. The summed E-state index contributed by atoms with van der Waals surface area (Å²) in [5, 5.41) is 11.9. The molecule has 76 valence electrons. The zero-order valence-corrected chi connectivity index (χ0v) is 8.47. The number of fused-ring (bicyclic) bond motifs is 1. The standard InChI is InChI=1S/C13H12O2/c1-13(15,9-14)12-8-4-6-10-5-2-3-7-11(10)12/h2-9,15H,1H3. The lowest BCUT2D eigenvalue weighted by Gasteiger charge is -2.18. The van der Waals surface area contributed by atoms with E-state index in [1.54, 1.807) is 6.07 Å². The quantitative estimate of drug-likeness (QED) is 0.755. The molecule has 0 aliphatic heterocycles. The van der Waals surface area contributed by atoms with Gasteiger partial charge in [0.15, 0.2) is 6.29 Å². The first-order valence-electron chi connectivity index (χ1n) is 4.82. The highest BCUT2D eigenvalue weighted by atomic mass is 16.3. The molecule has 0 aromatic heterocycles. The third kappa shape index (κ3) is 1.64. The minimum atomic E-state index is -1.42. The highest BCUT2D eigenvalue weighted by Crippen LogP contribution is 2.26. The fourth-order valence-corrected chi connectivity index (χ4v) is 1.73. The van der Waals surface area contributed by atoms with E-state index in [1.807, 2.05) is 36.4 Å². The van der Waals surface area contributed by atoms with E-state index in [-0.39, 0.29) is 0 Å². The molecule has 0 aliphatic rings. The van der Waals surface area contributed by atoms with Crippen LogP contribution < -0.4 is 0 Å². The Hall–Kier alpha value is -1.67. The summed E-state index contributed by atoms with van der Waals surface area (Å²) in [4.78, 5) is 10.8. The van der Waals surface area contributed by atoms with Crippen molar-refractivity contribution in [1.29, 1.82) is 0 Å². The van der Waals surface area contributed by atoms with E-state index in [1.165, 1.54) is 6.92 Å². The van der Waals surface area contributed by atoms with Crippen molar-refractivity contribution in [3.05, 3.63) is 48.0 Å². The van der Waals surface area contributed by atoms with Crippen molar-refractivity contribution in [2.24, 2.45) is 0 Å². The van der Waals surface area contributed by atoms with Crippen molar-refractivity contribution < 1.29 is 9.90 Å². The molecule has 0 fully saturated rings. The fraction of sp³-hybridized carbons (Fsp3) is 0.154. The third-order valence-electron chi connectivity index (χ3n) is 2.56. The van der Waals surface area contributed by atoms with Crippen molar-refractivity contribution in [1.82, 2.24) is 0 Å². The van der Waals surface area contributed by atoms with Crippen LogP contribution in [0.3, 0.4) is 0 Å². The van der Waals surface area contributed by atoms with E-state index in [0.29, 0.717) is 11.8 Å². The van der Waals surface area contributed by atoms with Gasteiger partial charge >= 0.3 is 0 Å². The van der Waals surface area contributed by atoms with E-state index < -0.39 is 5.60 Å². The third-order valence-corrected chi connectivity index (χ3v) is 2.56. The number of hydrogen-bond donors (Lipinski definition) is 1. The van der Waals surface area contributed by atoms with Crippen LogP contribution in [0.4, 0.5) is 0 Å². The van der Waals surface area contributed by atoms with Gasteiger partial charge in [-0.2, -0.15) is 0 Å². The average Bonchev–Trinajstić information content (AvgIpc) is 2.28. The first-order valence-corrected chi connectivity index (χ1v) is 4.82. The Bertz CT molecular complexity index is 495. The lowest BCUT2D eigenvalue weighted by atomic mass is 9.92. The summed E-state index contributed by atoms with van der Waals surface area (Å²) >= 11 is 0. The smallest absolute Gasteiger partial charge is 0.155 e. The van der Waals surface area contributed by atoms with Gasteiger partial charge in [0.25, 0.3) is 0 Å². The topological polar surface area (TPSA) is 37.3 Å². The Kier molecular flexibility index (Phi) is 2.29. The molecular weight excluding hydrogens is 188 g/mol. The molecule has 0 spiro atoms. The summed E-state index contributed by atoms with van der Waals surface area (Å²) in [6.07, 6.45) is 0.564. The van der Waals surface area contributed by atoms with Gasteiger partial charge in [0, 0.05) is 0 Å². The van der Waals surface area contributed by atoms with Crippen LogP contribution in [0.15, 0.2) is 42.5 Å². The first kappa shape index (κ1) is 9.87. The van der Waals surface area contributed by atoms with Gasteiger partial charge in [0.1, 0.15) is 5.60 Å². The Balaban J connectivity index is 2.76. The lowest BCUT2D eigenvalue weighted by molar-refractivity contribution is -0.123. The first-order chi connectivity index (χ1) is 7.15. The maximum absolute atomic E-state index is 10.8. The largest absolute Gasteiger partial charge is 0.378 e. The maximum Gasteiger partial charge on any atom is 0.155 e. The molecule has 0 amide bonds. The molecule has 0 saturated heterocycles. The molecule has 2 aromatic rings. The van der Waals surface area contributed by atoms with E-state index in [9.17, 15) is 9.90 Å². The van der Waals surface area contributed by atoms with Crippen molar-refractivity contribution >= 4 is 17.1 Å². The van der Waals surface area contributed by atoms with Gasteiger partial charge in [-0.1, -0.05) is 42.5 Å². The summed E-state index contributed by atoms with van der Waals surface area (Å²) in [6, 6.07) is 13.3. The van der Waals surface area contributed by atoms with Gasteiger partial charge in [-0.3, -0.25) is 4.79 Å². The second kappa shape index (κ2) is 3.48. The molecule has 0 saturated carbocycles. The van der Waals surface area contributed by atoms with Gasteiger partial charge in [0.05, 0.1) is 0 Å². The maximum atomic E-state index is 10.8. The minimum absolute atomic E-state index is 0.564. The van der Waals surface area contributed by atoms with E-state index in [2.05, 4.69) is 0 Å². The van der Waals surface area contributed by atoms with Crippen LogP contribution in [-0.2, 0) is 10.4 Å². The Morgan fingerprint density at radius 2 is 1.80 bits per heavy atom.